The van der Waals surface area contributed by atoms with Gasteiger partial charge in [-0.1, -0.05) is 0 Å². The number of pyridine rings is 1. The molecule has 0 aliphatic carbocycles. The van der Waals surface area contributed by atoms with Crippen LogP contribution in [0.25, 0.3) is 10.6 Å². The predicted octanol–water partition coefficient (Wildman–Crippen LogP) is 3.80. The number of nitrogens with zero attached hydrogens (tertiary/aromatic N) is 7. The summed E-state index contributed by atoms with van der Waals surface area (Å²) in [5.41, 5.74) is 3.16. The van der Waals surface area contributed by atoms with Crippen LogP contribution in [0.2, 0.25) is 0 Å². The van der Waals surface area contributed by atoms with E-state index in [0.29, 0.717) is 36.0 Å². The fourth-order valence-electron chi connectivity index (χ4n) is 5.05. The number of hydrogen-bond donors (Lipinski definition) is 2. The third-order valence-corrected chi connectivity index (χ3v) is 8.61. The Hall–Kier alpha value is -3.48. The van der Waals surface area contributed by atoms with Gasteiger partial charge in [0, 0.05) is 42.6 Å². The molecule has 0 saturated carbocycles. The molecule has 4 aromatic heterocycles. The van der Waals surface area contributed by atoms with Gasteiger partial charge in [0.15, 0.2) is 5.13 Å². The molecule has 4 aromatic rings. The summed E-state index contributed by atoms with van der Waals surface area (Å²) in [6.45, 7) is 5.31. The molecule has 2 fully saturated rings. The molecule has 37 heavy (non-hydrogen) atoms. The smallest absolute Gasteiger partial charge is 0.256 e. The molecular weight excluding hydrogens is 508 g/mol. The molecule has 2 bridgehead atoms. The Morgan fingerprint density at radius 2 is 1.84 bits per heavy atom. The first-order valence-corrected chi connectivity index (χ1v) is 13.8. The van der Waals surface area contributed by atoms with Crippen molar-refractivity contribution in [3.63, 3.8) is 0 Å². The first kappa shape index (κ1) is 23.9. The average molecular weight is 535 g/mol. The number of piperazine rings is 1. The van der Waals surface area contributed by atoms with Crippen LogP contribution >= 0.6 is 22.7 Å². The van der Waals surface area contributed by atoms with Crippen LogP contribution in [0.3, 0.4) is 0 Å². The summed E-state index contributed by atoms with van der Waals surface area (Å²) in [6.07, 6.45) is 6.85. The second kappa shape index (κ2) is 9.77. The van der Waals surface area contributed by atoms with Crippen LogP contribution in [0.4, 0.5) is 16.9 Å². The zero-order chi connectivity index (χ0) is 25.5. The summed E-state index contributed by atoms with van der Waals surface area (Å²) in [4.78, 5) is 41.1. The van der Waals surface area contributed by atoms with Gasteiger partial charge in [0.2, 0.25) is 5.95 Å². The molecule has 2 aliphatic heterocycles. The molecule has 2 saturated heterocycles. The second-order valence-corrected chi connectivity index (χ2v) is 11.4. The van der Waals surface area contributed by atoms with Crippen molar-refractivity contribution in [1.29, 1.82) is 0 Å². The molecule has 2 atom stereocenters. The van der Waals surface area contributed by atoms with E-state index in [4.69, 9.17) is 0 Å². The zero-order valence-corrected chi connectivity index (χ0v) is 22.1. The summed E-state index contributed by atoms with van der Waals surface area (Å²) in [7, 11) is 0. The van der Waals surface area contributed by atoms with E-state index in [0.717, 1.165) is 39.2 Å². The van der Waals surface area contributed by atoms with Gasteiger partial charge in [0.25, 0.3) is 5.91 Å². The number of anilines is 3. The topological polar surface area (TPSA) is 120 Å². The Kier molecular flexibility index (Phi) is 6.31. The van der Waals surface area contributed by atoms with E-state index in [9.17, 15) is 9.90 Å². The van der Waals surface area contributed by atoms with Gasteiger partial charge in [0.1, 0.15) is 5.82 Å². The number of fused-ring (bicyclic) bond motifs is 2. The highest BCUT2D eigenvalue weighted by molar-refractivity contribution is 7.16. The first-order chi connectivity index (χ1) is 18.0. The Bertz CT molecular complexity index is 1410. The van der Waals surface area contributed by atoms with Gasteiger partial charge >= 0.3 is 0 Å². The molecule has 1 amide bonds. The molecule has 12 heteroatoms. The molecule has 6 heterocycles. The van der Waals surface area contributed by atoms with Gasteiger partial charge in [-0.2, -0.15) is 0 Å². The number of hydrogen-bond acceptors (Lipinski definition) is 11. The highest BCUT2D eigenvalue weighted by atomic mass is 32.1. The fourth-order valence-corrected chi connectivity index (χ4v) is 6.71. The minimum Gasteiger partial charge on any atom is -0.392 e. The molecule has 0 spiro atoms. The van der Waals surface area contributed by atoms with Gasteiger partial charge in [-0.05, 0) is 38.8 Å². The number of aromatic nitrogens is 5. The van der Waals surface area contributed by atoms with Gasteiger partial charge in [0.05, 0.1) is 45.5 Å². The number of amides is 1. The monoisotopic (exact) mass is 534 g/mol. The highest BCUT2D eigenvalue weighted by Gasteiger charge is 2.43. The van der Waals surface area contributed by atoms with Crippen LogP contribution in [-0.4, -0.2) is 66.0 Å². The number of thiazole rings is 2. The maximum absolute atomic E-state index is 13.4. The molecule has 2 N–H and O–H groups in total. The summed E-state index contributed by atoms with van der Waals surface area (Å²) in [5.74, 6) is 1.30. The van der Waals surface area contributed by atoms with E-state index in [1.54, 1.807) is 29.9 Å². The maximum Gasteiger partial charge on any atom is 0.256 e. The highest BCUT2D eigenvalue weighted by Crippen LogP contribution is 2.34. The Morgan fingerprint density at radius 3 is 2.46 bits per heavy atom. The zero-order valence-electron chi connectivity index (χ0n) is 20.5. The molecule has 190 valence electrons. The fraction of sp³-hybridized carbons (Fsp3) is 0.360. The van der Waals surface area contributed by atoms with Crippen LogP contribution < -0.4 is 10.2 Å². The average Bonchev–Trinajstić information content (AvgIpc) is 3.58. The molecule has 10 nitrogen and oxygen atoms in total. The van der Waals surface area contributed by atoms with Crippen LogP contribution in [0.15, 0.2) is 36.1 Å². The number of aryl methyl sites for hydroxylation is 2. The third kappa shape index (κ3) is 4.67. The first-order valence-electron chi connectivity index (χ1n) is 12.1. The van der Waals surface area contributed by atoms with Crippen molar-refractivity contribution in [3.8, 4) is 10.6 Å². The quantitative estimate of drug-likeness (QED) is 0.381. The summed E-state index contributed by atoms with van der Waals surface area (Å²) in [6, 6.07) is 3.87. The minimum absolute atomic E-state index is 0.00956. The lowest BCUT2D eigenvalue weighted by Gasteiger charge is -2.41. The van der Waals surface area contributed by atoms with Crippen molar-refractivity contribution in [3.05, 3.63) is 57.9 Å². The van der Waals surface area contributed by atoms with E-state index in [-0.39, 0.29) is 24.6 Å². The largest absolute Gasteiger partial charge is 0.392 e. The number of aliphatic hydroxyl groups is 1. The Morgan fingerprint density at radius 1 is 1.08 bits per heavy atom. The molecule has 0 aromatic carbocycles. The van der Waals surface area contributed by atoms with Crippen molar-refractivity contribution < 1.29 is 9.90 Å². The lowest BCUT2D eigenvalue weighted by atomic mass is 10.1. The van der Waals surface area contributed by atoms with Crippen LogP contribution in [0, 0.1) is 13.8 Å². The third-order valence-electron chi connectivity index (χ3n) is 6.76. The molecule has 0 radical (unpaired) electrons. The maximum atomic E-state index is 13.4. The number of aliphatic hydroxyl groups excluding tert-OH is 1. The summed E-state index contributed by atoms with van der Waals surface area (Å²) < 4.78 is 0. The van der Waals surface area contributed by atoms with Crippen molar-refractivity contribution >= 4 is 45.5 Å². The number of carbonyl (C=O) groups excluding carboxylic acids is 1. The standard InChI is InChI=1S/C25H26N8O2S2/c1-14-22(37-15(2)29-14)20-13-36-25(30-20)31-21-6-3-17(9-26-21)23(35)33-18-4-5-19(33)11-32(10-18)24-27-7-16(12-34)8-28-24/h3,6-9,13,18-19,34H,4-5,10-12H2,1-2H3,(H,26,30,31). The molecule has 2 aliphatic rings. The lowest BCUT2D eigenvalue weighted by molar-refractivity contribution is 0.0640. The van der Waals surface area contributed by atoms with Crippen molar-refractivity contribution in [2.75, 3.05) is 23.3 Å². The van der Waals surface area contributed by atoms with Gasteiger partial charge in [-0.3, -0.25) is 4.79 Å². The van der Waals surface area contributed by atoms with E-state index < -0.39 is 0 Å². The summed E-state index contributed by atoms with van der Waals surface area (Å²) in [5, 5.41) is 16.3. The SMILES string of the molecule is Cc1nc(C)c(-c2csc(Nc3ccc(C(=O)N4C5CCC4CN(c4ncc(CO)cn4)C5)cn3)n2)s1. The molecule has 2 unspecified atom stereocenters. The second-order valence-electron chi connectivity index (χ2n) is 9.29. The lowest BCUT2D eigenvalue weighted by Crippen LogP contribution is -2.56. The Labute approximate surface area is 222 Å². The predicted molar refractivity (Wildman–Crippen MR) is 143 cm³/mol. The number of nitrogens with one attached hydrogen (secondary N) is 1. The molecule has 6 rings (SSSR count). The molecular formula is C25H26N8O2S2. The van der Waals surface area contributed by atoms with Gasteiger partial charge < -0.3 is 20.2 Å². The van der Waals surface area contributed by atoms with E-state index in [2.05, 4.69) is 35.1 Å². The Balaban J connectivity index is 1.11. The normalized spacial score (nSPS) is 18.9. The summed E-state index contributed by atoms with van der Waals surface area (Å²) >= 11 is 3.15. The van der Waals surface area contributed by atoms with Gasteiger partial charge in [-0.15, -0.1) is 22.7 Å². The number of rotatable bonds is 6. The van der Waals surface area contributed by atoms with Crippen LogP contribution in [0.5, 0.6) is 0 Å². The van der Waals surface area contributed by atoms with Gasteiger partial charge in [-0.25, -0.2) is 24.9 Å². The van der Waals surface area contributed by atoms with E-state index >= 15 is 0 Å². The van der Waals surface area contributed by atoms with Crippen molar-refractivity contribution in [2.45, 2.75) is 45.4 Å². The van der Waals surface area contributed by atoms with Crippen LogP contribution in [0.1, 0.15) is 39.5 Å². The van der Waals surface area contributed by atoms with E-state index in [1.807, 2.05) is 36.3 Å². The minimum atomic E-state index is -0.0761. The van der Waals surface area contributed by atoms with Crippen LogP contribution in [-0.2, 0) is 6.61 Å². The number of carbonyl (C=O) groups is 1. The van der Waals surface area contributed by atoms with Crippen molar-refractivity contribution in [2.24, 2.45) is 0 Å². The van der Waals surface area contributed by atoms with E-state index in [1.165, 1.54) is 11.3 Å². The van der Waals surface area contributed by atoms with Crippen molar-refractivity contribution in [1.82, 2.24) is 29.8 Å².